The molecule has 404 valence electrons. The van der Waals surface area contributed by atoms with Gasteiger partial charge in [-0.25, -0.2) is 0 Å². The van der Waals surface area contributed by atoms with Crippen LogP contribution in [0.2, 0.25) is 0 Å². The molecule has 0 saturated carbocycles. The number of hydrogen-bond acceptors (Lipinski definition) is 14. The predicted molar refractivity (Wildman–Crippen MR) is 289 cm³/mol. The number of thiophene rings is 6. The Labute approximate surface area is 453 Å². The van der Waals surface area contributed by atoms with Gasteiger partial charge in [-0.1, -0.05) is 0 Å². The normalized spacial score (nSPS) is 16.3. The molecule has 2 aliphatic rings. The number of alkyl halides is 6. The molecule has 8 nitrogen and oxygen atoms in total. The summed E-state index contributed by atoms with van der Waals surface area (Å²) in [6.07, 6.45) is 2.13. The average Bonchev–Trinajstić information content (AvgIpc) is 4.25. The van der Waals surface area contributed by atoms with Crippen LogP contribution >= 0.6 is 68.0 Å². The lowest BCUT2D eigenvalue weighted by molar-refractivity contribution is -0.254. The molecule has 0 N–H and O–H groups in total. The Kier molecular flexibility index (Phi) is 19.0. The molecule has 0 aliphatic heterocycles. The molecular weight excluding hydrogens is 1080 g/mol. The molecule has 6 aromatic heterocycles. The number of methoxy groups -OCH3 is 4. The molecule has 0 amide bonds. The number of halogens is 6. The zero-order valence-electron chi connectivity index (χ0n) is 42.8. The lowest BCUT2D eigenvalue weighted by Gasteiger charge is -2.34. The molecular formula is C54H62F6O8S6. The molecule has 0 unspecified atom stereocenters. The lowest BCUT2D eigenvalue weighted by atomic mass is 9.77. The van der Waals surface area contributed by atoms with Gasteiger partial charge >= 0.3 is 17.8 Å². The third-order valence-electron chi connectivity index (χ3n) is 13.3. The summed E-state index contributed by atoms with van der Waals surface area (Å²) >= 11 is 8.26. The smallest absolute Gasteiger partial charge is 0.380 e. The maximum atomic E-state index is 17.3. The first-order valence-electron chi connectivity index (χ1n) is 24.3. The van der Waals surface area contributed by atoms with Crippen LogP contribution in [0.25, 0.3) is 30.7 Å². The van der Waals surface area contributed by atoms with Crippen LogP contribution in [0.15, 0.2) is 36.4 Å². The van der Waals surface area contributed by atoms with Crippen molar-refractivity contribution in [3.63, 3.8) is 0 Å². The first kappa shape index (κ1) is 57.4. The molecule has 74 heavy (non-hydrogen) atoms. The lowest BCUT2D eigenvalue weighted by Crippen LogP contribution is -2.49. The Morgan fingerprint density at radius 3 is 0.986 bits per heavy atom. The van der Waals surface area contributed by atoms with Crippen molar-refractivity contribution in [1.29, 1.82) is 0 Å². The van der Waals surface area contributed by atoms with E-state index in [2.05, 4.69) is 0 Å². The maximum Gasteiger partial charge on any atom is 0.380 e. The standard InChI is InChI=1S/C54H62F6O8S6/c1-31-25-41(69-37(31)9-13-65-21-17-61-5)43-29-35-47-48(53(57,58)54(59,60)52(47,55)56)36-30-44(42-26-32(2)38(70-42)10-14-66-22-18-62-6)74-50(36)51(49(35)73-43,45-27-33(3)39(71-45)11-15-67-23-19-63-7)46-28-34(4)40(72-46)12-16-68-24-20-64-8/h25-30H,9-24H2,1-8H3. The number of ether oxygens (including phenoxy) is 8. The topological polar surface area (TPSA) is 73.8 Å². The van der Waals surface area contributed by atoms with E-state index in [1.165, 1.54) is 80.2 Å². The molecule has 0 spiro atoms. The third-order valence-corrected chi connectivity index (χ3v) is 21.6. The second-order valence-electron chi connectivity index (χ2n) is 18.2. The van der Waals surface area contributed by atoms with Crippen LogP contribution in [-0.2, 0) is 69.0 Å². The van der Waals surface area contributed by atoms with E-state index in [1.54, 1.807) is 28.4 Å². The number of allylic oxidation sites excluding steroid dienone is 2. The fraction of sp³-hybridized carbons (Fsp3) is 0.519. The van der Waals surface area contributed by atoms with Crippen LogP contribution in [0.4, 0.5) is 26.3 Å². The van der Waals surface area contributed by atoms with Crippen molar-refractivity contribution in [2.24, 2.45) is 0 Å². The first-order valence-corrected chi connectivity index (χ1v) is 29.2. The highest BCUT2D eigenvalue weighted by Crippen LogP contribution is 2.71. The Bertz CT molecular complexity index is 2700. The Balaban J connectivity index is 1.42. The van der Waals surface area contributed by atoms with Crippen LogP contribution in [0.3, 0.4) is 0 Å². The molecule has 8 rings (SSSR count). The second kappa shape index (κ2) is 24.5. The van der Waals surface area contributed by atoms with Crippen LogP contribution in [0.5, 0.6) is 0 Å². The van der Waals surface area contributed by atoms with Gasteiger partial charge in [0.2, 0.25) is 0 Å². The van der Waals surface area contributed by atoms with Crippen molar-refractivity contribution in [2.75, 3.05) is 108 Å². The van der Waals surface area contributed by atoms with Gasteiger partial charge in [-0.3, -0.25) is 0 Å². The Morgan fingerprint density at radius 1 is 0.365 bits per heavy atom. The second-order valence-corrected chi connectivity index (χ2v) is 24.9. The zero-order chi connectivity index (χ0) is 53.0. The zero-order valence-corrected chi connectivity index (χ0v) is 47.7. The summed E-state index contributed by atoms with van der Waals surface area (Å²) in [5, 5.41) is 0. The number of aryl methyl sites for hydroxylation is 4. The van der Waals surface area contributed by atoms with Gasteiger partial charge in [-0.2, -0.15) is 26.3 Å². The maximum absolute atomic E-state index is 17.3. The van der Waals surface area contributed by atoms with Crippen LogP contribution in [0, 0.1) is 27.7 Å². The Hall–Kier alpha value is -2.80. The van der Waals surface area contributed by atoms with Gasteiger partial charge in [-0.15, -0.1) is 68.0 Å². The first-order chi connectivity index (χ1) is 35.5. The highest BCUT2D eigenvalue weighted by Gasteiger charge is 2.81. The van der Waals surface area contributed by atoms with Gasteiger partial charge in [0.05, 0.1) is 79.3 Å². The van der Waals surface area contributed by atoms with Gasteiger partial charge in [0.15, 0.2) is 0 Å². The summed E-state index contributed by atoms with van der Waals surface area (Å²) in [6.45, 7) is 12.7. The van der Waals surface area contributed by atoms with Gasteiger partial charge in [0, 0.05) is 135 Å². The van der Waals surface area contributed by atoms with Gasteiger partial charge in [-0.05, 0) is 86.3 Å². The molecule has 0 bridgehead atoms. The van der Waals surface area contributed by atoms with E-state index >= 15 is 26.3 Å². The minimum atomic E-state index is -5.75. The van der Waals surface area contributed by atoms with E-state index in [-0.39, 0.29) is 20.9 Å². The van der Waals surface area contributed by atoms with Crippen LogP contribution in [-0.4, -0.2) is 125 Å². The number of fused-ring (bicyclic) bond motifs is 4. The van der Waals surface area contributed by atoms with E-state index < -0.39 is 34.3 Å². The van der Waals surface area contributed by atoms with Crippen molar-refractivity contribution in [2.45, 2.75) is 76.6 Å². The van der Waals surface area contributed by atoms with Crippen LogP contribution < -0.4 is 0 Å². The monoisotopic (exact) mass is 1140 g/mol. The summed E-state index contributed by atoms with van der Waals surface area (Å²) < 4.78 is 146. The van der Waals surface area contributed by atoms with Crippen molar-refractivity contribution < 1.29 is 64.2 Å². The molecule has 0 atom stereocenters. The number of rotatable bonds is 28. The largest absolute Gasteiger partial charge is 0.382 e. The fourth-order valence-electron chi connectivity index (χ4n) is 9.38. The van der Waals surface area contributed by atoms with E-state index in [4.69, 9.17) is 37.9 Å². The predicted octanol–water partition coefficient (Wildman–Crippen LogP) is 14.0. The van der Waals surface area contributed by atoms with E-state index in [0.717, 1.165) is 41.8 Å². The molecule has 0 fully saturated rings. The van der Waals surface area contributed by atoms with Gasteiger partial charge < -0.3 is 37.9 Å². The molecule has 0 saturated heterocycles. The number of hydrogen-bond donors (Lipinski definition) is 0. The van der Waals surface area contributed by atoms with Crippen molar-refractivity contribution in [1.82, 2.24) is 0 Å². The fourth-order valence-corrected chi connectivity index (χ4v) is 17.8. The quantitative estimate of drug-likeness (QED) is 0.0355. The SMILES string of the molecule is COCCOCCc1sc(-c2cc3c(s2)C(c2cc(C)c(CCOCCOC)s2)(c2cc(C)c(CCOCCOC)s2)c2sc(-c4cc(C)c(CCOCCOC)s4)cc2C2=C3C(F)(F)C(F)(F)C2(F)F)cc1C. The van der Waals surface area contributed by atoms with Crippen molar-refractivity contribution in [3.05, 3.63) is 109 Å². The Morgan fingerprint density at radius 2 is 0.662 bits per heavy atom. The van der Waals surface area contributed by atoms with Gasteiger partial charge in [0.25, 0.3) is 0 Å². The molecule has 6 heterocycles. The average molecular weight is 1150 g/mol. The summed E-state index contributed by atoms with van der Waals surface area (Å²) in [5.74, 6) is -16.3. The molecule has 0 aromatic carbocycles. The minimum absolute atomic E-state index is 0.278. The summed E-state index contributed by atoms with van der Waals surface area (Å²) in [4.78, 5) is 8.27. The van der Waals surface area contributed by atoms with Crippen LogP contribution in [0.1, 0.15) is 72.4 Å². The van der Waals surface area contributed by atoms with Crippen molar-refractivity contribution >= 4 is 79.2 Å². The van der Waals surface area contributed by atoms with E-state index in [9.17, 15) is 0 Å². The molecule has 6 aromatic rings. The minimum Gasteiger partial charge on any atom is -0.382 e. The molecule has 0 radical (unpaired) electrons. The third kappa shape index (κ3) is 11.0. The summed E-state index contributed by atoms with van der Waals surface area (Å²) in [7, 11) is 6.39. The molecule has 20 heteroatoms. The molecule has 2 aliphatic carbocycles. The highest BCUT2D eigenvalue weighted by atomic mass is 32.1. The highest BCUT2D eigenvalue weighted by molar-refractivity contribution is 7.24. The van der Waals surface area contributed by atoms with E-state index in [0.29, 0.717) is 134 Å². The van der Waals surface area contributed by atoms with E-state index in [1.807, 2.05) is 52.0 Å². The summed E-state index contributed by atoms with van der Waals surface area (Å²) in [5.41, 5.74) is -1.15. The van der Waals surface area contributed by atoms with Gasteiger partial charge in [0.1, 0.15) is 5.41 Å². The van der Waals surface area contributed by atoms with Crippen molar-refractivity contribution in [3.8, 4) is 19.5 Å². The summed E-state index contributed by atoms with van der Waals surface area (Å²) in [6, 6.07) is 10.9.